The SMILES string of the molecule is O=C(CN1C(C(=O)c2ccccc2)C(=O)c2ccccc2S1(=O)=O)NC1C2CC3CC(C2)CC1C3. The first-order valence-electron chi connectivity index (χ1n) is 12.4. The number of carbonyl (C=O) groups is 3. The van der Waals surface area contributed by atoms with Crippen molar-refractivity contribution >= 4 is 27.5 Å². The second-order valence-corrected chi connectivity index (χ2v) is 12.4. The fraction of sp³-hybridized carbons (Fsp3) is 0.444. The Morgan fingerprint density at radius 1 is 0.857 bits per heavy atom. The molecule has 2 aromatic rings. The fourth-order valence-corrected chi connectivity index (χ4v) is 8.86. The highest BCUT2D eigenvalue weighted by molar-refractivity contribution is 7.89. The second kappa shape index (κ2) is 8.38. The van der Waals surface area contributed by atoms with E-state index in [0.717, 1.165) is 41.8 Å². The molecule has 1 heterocycles. The van der Waals surface area contributed by atoms with E-state index in [9.17, 15) is 22.8 Å². The van der Waals surface area contributed by atoms with Gasteiger partial charge in [0.25, 0.3) is 0 Å². The quantitative estimate of drug-likeness (QED) is 0.511. The zero-order valence-electron chi connectivity index (χ0n) is 19.3. The predicted molar refractivity (Wildman–Crippen MR) is 128 cm³/mol. The summed E-state index contributed by atoms with van der Waals surface area (Å²) in [6, 6.07) is 12.5. The van der Waals surface area contributed by atoms with Gasteiger partial charge in [-0.15, -0.1) is 0 Å². The number of amides is 1. The molecule has 0 saturated heterocycles. The second-order valence-electron chi connectivity index (χ2n) is 10.6. The zero-order chi connectivity index (χ0) is 24.3. The third-order valence-corrected chi connectivity index (χ3v) is 10.3. The van der Waals surface area contributed by atoms with E-state index in [-0.39, 0.29) is 22.1 Å². The largest absolute Gasteiger partial charge is 0.352 e. The minimum Gasteiger partial charge on any atom is -0.352 e. The Labute approximate surface area is 204 Å². The van der Waals surface area contributed by atoms with E-state index in [1.165, 1.54) is 24.6 Å². The number of Topliss-reactive ketones (excluding diaryl/α,β-unsaturated/α-hetero) is 2. The van der Waals surface area contributed by atoms with E-state index in [1.54, 1.807) is 36.4 Å². The van der Waals surface area contributed by atoms with Crippen LogP contribution in [0.5, 0.6) is 0 Å². The van der Waals surface area contributed by atoms with Crippen molar-refractivity contribution in [2.75, 3.05) is 6.54 Å². The van der Waals surface area contributed by atoms with Crippen LogP contribution in [-0.4, -0.2) is 48.8 Å². The van der Waals surface area contributed by atoms with Gasteiger partial charge >= 0.3 is 0 Å². The van der Waals surface area contributed by atoms with Crippen LogP contribution in [0.4, 0.5) is 0 Å². The Kier molecular flexibility index (Phi) is 5.41. The minimum atomic E-state index is -4.24. The summed E-state index contributed by atoms with van der Waals surface area (Å²) in [6.45, 7) is -0.561. The highest BCUT2D eigenvalue weighted by atomic mass is 32.2. The van der Waals surface area contributed by atoms with Crippen LogP contribution in [0.2, 0.25) is 0 Å². The molecule has 182 valence electrons. The number of fused-ring (bicyclic) bond motifs is 1. The molecular formula is C27H28N2O5S. The maximum atomic E-state index is 13.6. The standard InChI is InChI=1S/C27H28N2O5S/c30-23(28-24-19-11-16-10-17(13-19)14-20(24)12-16)15-29-25(26(31)18-6-2-1-3-7-18)27(32)21-8-4-5-9-22(21)35(29,33)34/h1-9,16-17,19-20,24-25H,10-15H2,(H,28,30). The van der Waals surface area contributed by atoms with Gasteiger partial charge in [-0.05, 0) is 67.9 Å². The number of nitrogens with one attached hydrogen (secondary N) is 1. The highest BCUT2D eigenvalue weighted by Gasteiger charge is 2.51. The van der Waals surface area contributed by atoms with Gasteiger partial charge in [0.2, 0.25) is 15.9 Å². The molecule has 4 saturated carbocycles. The van der Waals surface area contributed by atoms with Crippen LogP contribution < -0.4 is 5.32 Å². The lowest BCUT2D eigenvalue weighted by atomic mass is 9.54. The van der Waals surface area contributed by atoms with Crippen molar-refractivity contribution in [3.05, 3.63) is 65.7 Å². The van der Waals surface area contributed by atoms with Crippen molar-refractivity contribution in [3.8, 4) is 0 Å². The van der Waals surface area contributed by atoms with Gasteiger partial charge in [-0.2, -0.15) is 4.31 Å². The van der Waals surface area contributed by atoms with Gasteiger partial charge < -0.3 is 5.32 Å². The molecule has 1 N–H and O–H groups in total. The number of ketones is 2. The molecule has 1 unspecified atom stereocenters. The third kappa shape index (κ3) is 3.74. The topological polar surface area (TPSA) is 101 Å². The van der Waals surface area contributed by atoms with Crippen molar-refractivity contribution in [2.24, 2.45) is 23.7 Å². The van der Waals surface area contributed by atoms with Crippen molar-refractivity contribution < 1.29 is 22.8 Å². The summed E-state index contributed by atoms with van der Waals surface area (Å²) in [6.07, 6.45) is 5.74. The first-order chi connectivity index (χ1) is 16.8. The summed E-state index contributed by atoms with van der Waals surface area (Å²) >= 11 is 0. The van der Waals surface area contributed by atoms with Crippen LogP contribution in [0.1, 0.15) is 52.8 Å². The molecule has 1 amide bonds. The molecule has 7 nitrogen and oxygen atoms in total. The smallest absolute Gasteiger partial charge is 0.245 e. The molecule has 5 aliphatic rings. The lowest BCUT2D eigenvalue weighted by Crippen LogP contribution is -2.59. The number of nitrogens with zero attached hydrogens (tertiary/aromatic N) is 1. The lowest BCUT2D eigenvalue weighted by molar-refractivity contribution is -0.125. The van der Waals surface area contributed by atoms with Crippen molar-refractivity contribution in [3.63, 3.8) is 0 Å². The van der Waals surface area contributed by atoms with Crippen LogP contribution in [0.3, 0.4) is 0 Å². The first kappa shape index (κ1) is 22.6. The summed E-state index contributed by atoms with van der Waals surface area (Å²) < 4.78 is 28.0. The van der Waals surface area contributed by atoms with Crippen molar-refractivity contribution in [1.29, 1.82) is 0 Å². The molecule has 4 aliphatic carbocycles. The summed E-state index contributed by atoms with van der Waals surface area (Å²) in [5.41, 5.74) is 0.214. The molecule has 8 heteroatoms. The molecule has 0 aromatic heterocycles. The molecule has 4 bridgehead atoms. The van der Waals surface area contributed by atoms with Gasteiger partial charge in [0.15, 0.2) is 17.6 Å². The summed E-state index contributed by atoms with van der Waals surface area (Å²) in [4.78, 5) is 40.0. The van der Waals surface area contributed by atoms with Crippen molar-refractivity contribution in [2.45, 2.75) is 49.1 Å². The van der Waals surface area contributed by atoms with Crippen molar-refractivity contribution in [1.82, 2.24) is 9.62 Å². The van der Waals surface area contributed by atoms with Gasteiger partial charge in [-0.3, -0.25) is 14.4 Å². The summed E-state index contributed by atoms with van der Waals surface area (Å²) in [5, 5.41) is 3.12. The van der Waals surface area contributed by atoms with Gasteiger partial charge in [-0.1, -0.05) is 42.5 Å². The number of rotatable bonds is 5. The molecule has 1 atom stereocenters. The Hall–Kier alpha value is -2.84. The van der Waals surface area contributed by atoms with Crippen LogP contribution in [-0.2, 0) is 14.8 Å². The van der Waals surface area contributed by atoms with Gasteiger partial charge in [0, 0.05) is 17.2 Å². The Morgan fingerprint density at radius 2 is 1.46 bits per heavy atom. The predicted octanol–water partition coefficient (Wildman–Crippen LogP) is 3.07. The fourth-order valence-electron chi connectivity index (χ4n) is 7.16. The molecule has 1 aliphatic heterocycles. The van der Waals surface area contributed by atoms with E-state index in [4.69, 9.17) is 0 Å². The monoisotopic (exact) mass is 492 g/mol. The maximum absolute atomic E-state index is 13.6. The molecule has 0 radical (unpaired) electrons. The Balaban J connectivity index is 1.31. The minimum absolute atomic E-state index is 0.0144. The van der Waals surface area contributed by atoms with Crippen LogP contribution in [0.15, 0.2) is 59.5 Å². The van der Waals surface area contributed by atoms with E-state index >= 15 is 0 Å². The average molecular weight is 493 g/mol. The summed E-state index contributed by atoms with van der Waals surface area (Å²) in [7, 11) is -4.24. The van der Waals surface area contributed by atoms with Gasteiger partial charge in [0.1, 0.15) is 0 Å². The number of benzene rings is 2. The Morgan fingerprint density at radius 3 is 2.11 bits per heavy atom. The van der Waals surface area contributed by atoms with Crippen LogP contribution in [0, 0.1) is 23.7 Å². The Bertz CT molecular complexity index is 1280. The number of carbonyl (C=O) groups excluding carboxylic acids is 3. The van der Waals surface area contributed by atoms with Gasteiger partial charge in [0.05, 0.1) is 11.4 Å². The highest BCUT2D eigenvalue weighted by Crippen LogP contribution is 2.53. The third-order valence-electron chi connectivity index (χ3n) is 8.44. The number of hydrogen-bond acceptors (Lipinski definition) is 5. The van der Waals surface area contributed by atoms with Crippen LogP contribution >= 0.6 is 0 Å². The first-order valence-corrected chi connectivity index (χ1v) is 13.8. The molecule has 4 fully saturated rings. The van der Waals surface area contributed by atoms with E-state index in [0.29, 0.717) is 11.8 Å². The van der Waals surface area contributed by atoms with E-state index in [2.05, 4.69) is 5.32 Å². The molecule has 35 heavy (non-hydrogen) atoms. The van der Waals surface area contributed by atoms with Gasteiger partial charge in [-0.25, -0.2) is 8.42 Å². The lowest BCUT2D eigenvalue weighted by Gasteiger charge is -2.54. The number of hydrogen-bond donors (Lipinski definition) is 1. The van der Waals surface area contributed by atoms with Crippen LogP contribution in [0.25, 0.3) is 0 Å². The molecule has 2 aromatic carbocycles. The average Bonchev–Trinajstić information content (AvgIpc) is 2.85. The summed E-state index contributed by atoms with van der Waals surface area (Å²) in [5.74, 6) is 0.659. The zero-order valence-corrected chi connectivity index (χ0v) is 20.1. The maximum Gasteiger partial charge on any atom is 0.245 e. The normalized spacial score (nSPS) is 32.7. The number of sulfonamides is 1. The van der Waals surface area contributed by atoms with E-state index in [1.807, 2.05) is 0 Å². The van der Waals surface area contributed by atoms with E-state index < -0.39 is 40.1 Å². The molecule has 0 spiro atoms. The molecular weight excluding hydrogens is 464 g/mol. The molecule has 7 rings (SSSR count).